The van der Waals surface area contributed by atoms with Gasteiger partial charge in [0.15, 0.2) is 0 Å². The van der Waals surface area contributed by atoms with Crippen molar-refractivity contribution in [3.05, 3.63) is 71.9 Å². The first kappa shape index (κ1) is 20.9. The third kappa shape index (κ3) is 6.07. The van der Waals surface area contributed by atoms with Crippen molar-refractivity contribution in [2.24, 2.45) is 0 Å². The summed E-state index contributed by atoms with van der Waals surface area (Å²) in [7, 11) is -1.89. The maximum absolute atomic E-state index is 12.0. The van der Waals surface area contributed by atoms with Gasteiger partial charge in [-0.2, -0.15) is 0 Å². The molecule has 7 nitrogen and oxygen atoms in total. The molecule has 0 fully saturated rings. The summed E-state index contributed by atoms with van der Waals surface area (Å²) in [6.07, 6.45) is 2.90. The number of nitrogens with zero attached hydrogens (tertiary/aromatic N) is 1. The molecule has 0 aliphatic rings. The maximum atomic E-state index is 12.0. The SMILES string of the molecule is CNS(=O)(=O)Cc1ccc(CNC(=O)NCCCn2ccc3ccccc32)cc1. The number of aryl methyl sites for hydroxylation is 1. The highest BCUT2D eigenvalue weighted by atomic mass is 32.2. The molecule has 0 radical (unpaired) electrons. The van der Waals surface area contributed by atoms with Crippen LogP contribution in [0, 0.1) is 0 Å². The fourth-order valence-corrected chi connectivity index (χ4v) is 3.85. The van der Waals surface area contributed by atoms with Gasteiger partial charge < -0.3 is 15.2 Å². The van der Waals surface area contributed by atoms with Gasteiger partial charge in [0.2, 0.25) is 10.0 Å². The second kappa shape index (κ2) is 9.58. The highest BCUT2D eigenvalue weighted by Crippen LogP contribution is 2.15. The molecular formula is C21H26N4O3S. The highest BCUT2D eigenvalue weighted by Gasteiger charge is 2.08. The van der Waals surface area contributed by atoms with Crippen LogP contribution in [-0.2, 0) is 28.9 Å². The van der Waals surface area contributed by atoms with Gasteiger partial charge in [0.25, 0.3) is 0 Å². The molecule has 0 saturated carbocycles. The van der Waals surface area contributed by atoms with Crippen molar-refractivity contribution < 1.29 is 13.2 Å². The third-order valence-electron chi connectivity index (χ3n) is 4.69. The van der Waals surface area contributed by atoms with E-state index in [1.165, 1.54) is 18.0 Å². The van der Waals surface area contributed by atoms with Gasteiger partial charge in [0.05, 0.1) is 5.75 Å². The summed E-state index contributed by atoms with van der Waals surface area (Å²) in [6.45, 7) is 1.80. The fraction of sp³-hybridized carbons (Fsp3) is 0.286. The summed E-state index contributed by atoms with van der Waals surface area (Å²) in [6, 6.07) is 17.2. The zero-order chi connectivity index (χ0) is 20.7. The van der Waals surface area contributed by atoms with Crippen LogP contribution in [0.4, 0.5) is 4.79 Å². The van der Waals surface area contributed by atoms with Gasteiger partial charge in [-0.25, -0.2) is 17.9 Å². The number of urea groups is 1. The first-order chi connectivity index (χ1) is 14.0. The number of benzene rings is 2. The largest absolute Gasteiger partial charge is 0.347 e. The molecule has 154 valence electrons. The standard InChI is InChI=1S/C21H26N4O3S/c1-22-29(27,28)16-18-9-7-17(8-10-18)15-24-21(26)23-12-4-13-25-14-11-19-5-2-3-6-20(19)25/h2-3,5-11,14,22H,4,12-13,15-16H2,1H3,(H2,23,24,26). The van der Waals surface area contributed by atoms with Crippen LogP contribution in [0.15, 0.2) is 60.8 Å². The van der Waals surface area contributed by atoms with E-state index < -0.39 is 10.0 Å². The lowest BCUT2D eigenvalue weighted by atomic mass is 10.1. The number of para-hydroxylation sites is 1. The second-order valence-electron chi connectivity index (χ2n) is 6.81. The van der Waals surface area contributed by atoms with E-state index in [2.05, 4.69) is 44.3 Å². The van der Waals surface area contributed by atoms with Crippen molar-refractivity contribution in [3.8, 4) is 0 Å². The second-order valence-corrected chi connectivity index (χ2v) is 8.74. The summed E-state index contributed by atoms with van der Waals surface area (Å²) in [5.41, 5.74) is 2.80. The molecule has 0 aliphatic heterocycles. The molecule has 0 spiro atoms. The molecule has 8 heteroatoms. The van der Waals surface area contributed by atoms with Gasteiger partial charge in [0.1, 0.15) is 0 Å². The smallest absolute Gasteiger partial charge is 0.315 e. The number of aromatic nitrogens is 1. The van der Waals surface area contributed by atoms with Crippen molar-refractivity contribution in [3.63, 3.8) is 0 Å². The summed E-state index contributed by atoms with van der Waals surface area (Å²) >= 11 is 0. The number of hydrogen-bond donors (Lipinski definition) is 3. The Bertz CT molecular complexity index is 1060. The predicted molar refractivity (Wildman–Crippen MR) is 115 cm³/mol. The van der Waals surface area contributed by atoms with E-state index in [0.717, 1.165) is 18.5 Å². The van der Waals surface area contributed by atoms with E-state index in [0.29, 0.717) is 18.7 Å². The Balaban J connectivity index is 1.37. The van der Waals surface area contributed by atoms with Crippen molar-refractivity contribution in [2.45, 2.75) is 25.3 Å². The third-order valence-corrected chi connectivity index (χ3v) is 6.02. The van der Waals surface area contributed by atoms with Crippen molar-refractivity contribution in [1.82, 2.24) is 19.9 Å². The van der Waals surface area contributed by atoms with Crippen LogP contribution in [0.2, 0.25) is 0 Å². The van der Waals surface area contributed by atoms with Crippen LogP contribution in [0.3, 0.4) is 0 Å². The Hall–Kier alpha value is -2.84. The Kier molecular flexibility index (Phi) is 6.90. The first-order valence-corrected chi connectivity index (χ1v) is 11.2. The minimum Gasteiger partial charge on any atom is -0.347 e. The quantitative estimate of drug-likeness (QED) is 0.470. The van der Waals surface area contributed by atoms with E-state index in [-0.39, 0.29) is 11.8 Å². The average molecular weight is 415 g/mol. The number of sulfonamides is 1. The van der Waals surface area contributed by atoms with E-state index in [9.17, 15) is 13.2 Å². The topological polar surface area (TPSA) is 92.2 Å². The summed E-state index contributed by atoms with van der Waals surface area (Å²) < 4.78 is 27.6. The Morgan fingerprint density at radius 3 is 2.45 bits per heavy atom. The van der Waals surface area contributed by atoms with E-state index in [1.54, 1.807) is 12.1 Å². The van der Waals surface area contributed by atoms with Gasteiger partial charge >= 0.3 is 6.03 Å². The molecule has 3 rings (SSSR count). The Labute approximate surface area is 171 Å². The molecule has 0 unspecified atom stereocenters. The predicted octanol–water partition coefficient (Wildman–Crippen LogP) is 2.58. The molecular weight excluding hydrogens is 388 g/mol. The minimum atomic E-state index is -3.28. The zero-order valence-electron chi connectivity index (χ0n) is 16.4. The highest BCUT2D eigenvalue weighted by molar-refractivity contribution is 7.88. The zero-order valence-corrected chi connectivity index (χ0v) is 17.2. The van der Waals surface area contributed by atoms with Crippen LogP contribution in [0.1, 0.15) is 17.5 Å². The Morgan fingerprint density at radius 1 is 0.966 bits per heavy atom. The molecule has 1 heterocycles. The molecule has 29 heavy (non-hydrogen) atoms. The molecule has 0 atom stereocenters. The van der Waals surface area contributed by atoms with Crippen LogP contribution >= 0.6 is 0 Å². The summed E-state index contributed by atoms with van der Waals surface area (Å²) in [5.74, 6) is -0.0611. The number of amides is 2. The fourth-order valence-electron chi connectivity index (χ4n) is 3.08. The lowest BCUT2D eigenvalue weighted by Crippen LogP contribution is -2.35. The molecule has 0 aliphatic carbocycles. The Morgan fingerprint density at radius 2 is 1.69 bits per heavy atom. The van der Waals surface area contributed by atoms with E-state index in [4.69, 9.17) is 0 Å². The van der Waals surface area contributed by atoms with Gasteiger partial charge in [-0.15, -0.1) is 0 Å². The maximum Gasteiger partial charge on any atom is 0.315 e. The molecule has 0 saturated heterocycles. The lowest BCUT2D eigenvalue weighted by molar-refractivity contribution is 0.240. The number of nitrogens with one attached hydrogen (secondary N) is 3. The molecule has 2 aromatic carbocycles. The number of fused-ring (bicyclic) bond motifs is 1. The van der Waals surface area contributed by atoms with Gasteiger partial charge in [0, 0.05) is 31.3 Å². The molecule has 3 aromatic rings. The van der Waals surface area contributed by atoms with Gasteiger partial charge in [-0.3, -0.25) is 0 Å². The van der Waals surface area contributed by atoms with Gasteiger partial charge in [-0.1, -0.05) is 42.5 Å². The van der Waals surface area contributed by atoms with Crippen molar-refractivity contribution in [1.29, 1.82) is 0 Å². The monoisotopic (exact) mass is 414 g/mol. The molecule has 1 aromatic heterocycles. The molecule has 0 bridgehead atoms. The van der Waals surface area contributed by atoms with Crippen molar-refractivity contribution >= 4 is 27.0 Å². The normalized spacial score (nSPS) is 11.5. The van der Waals surface area contributed by atoms with Gasteiger partial charge in [-0.05, 0) is 42.1 Å². The average Bonchev–Trinajstić information content (AvgIpc) is 3.14. The number of rotatable bonds is 9. The first-order valence-electron chi connectivity index (χ1n) is 9.51. The van der Waals surface area contributed by atoms with Crippen molar-refractivity contribution in [2.75, 3.05) is 13.6 Å². The number of carbonyl (C=O) groups excluding carboxylic acids is 1. The summed E-state index contributed by atoms with van der Waals surface area (Å²) in [5, 5.41) is 6.89. The van der Waals surface area contributed by atoms with Crippen LogP contribution in [0.25, 0.3) is 10.9 Å². The molecule has 3 N–H and O–H groups in total. The number of carbonyl (C=O) groups is 1. The van der Waals surface area contributed by atoms with Crippen LogP contribution < -0.4 is 15.4 Å². The lowest BCUT2D eigenvalue weighted by Gasteiger charge is -2.09. The van der Waals surface area contributed by atoms with Crippen LogP contribution in [-0.4, -0.2) is 32.6 Å². The summed E-state index contributed by atoms with van der Waals surface area (Å²) in [4.78, 5) is 12.0. The van der Waals surface area contributed by atoms with E-state index >= 15 is 0 Å². The number of hydrogen-bond acceptors (Lipinski definition) is 3. The van der Waals surface area contributed by atoms with Crippen LogP contribution in [0.5, 0.6) is 0 Å². The minimum absolute atomic E-state index is 0.0611. The van der Waals surface area contributed by atoms with E-state index in [1.807, 2.05) is 24.3 Å². The molecule has 2 amide bonds.